The molecule has 0 atom stereocenters. The Balaban J connectivity index is 1.27. The molecule has 4 rings (SSSR count). The van der Waals surface area contributed by atoms with Gasteiger partial charge in [-0.05, 0) is 69.4 Å². The van der Waals surface area contributed by atoms with E-state index in [0.29, 0.717) is 19.2 Å². The molecule has 0 aliphatic heterocycles. The van der Waals surface area contributed by atoms with Gasteiger partial charge in [-0.15, -0.1) is 0 Å². The van der Waals surface area contributed by atoms with Crippen molar-refractivity contribution in [2.24, 2.45) is 0 Å². The van der Waals surface area contributed by atoms with Crippen molar-refractivity contribution in [1.29, 1.82) is 0 Å². The molecule has 1 fully saturated rings. The third-order valence-corrected chi connectivity index (χ3v) is 5.85. The first-order chi connectivity index (χ1) is 15.1. The summed E-state index contributed by atoms with van der Waals surface area (Å²) in [7, 11) is 0. The minimum Gasteiger partial charge on any atom is -0.490 e. The minimum absolute atomic E-state index is 0.197. The zero-order valence-electron chi connectivity index (χ0n) is 18.2. The van der Waals surface area contributed by atoms with E-state index in [1.807, 2.05) is 73.1 Å². The van der Waals surface area contributed by atoms with Crippen molar-refractivity contribution >= 4 is 6.03 Å². The summed E-state index contributed by atoms with van der Waals surface area (Å²) >= 11 is 0. The number of para-hydroxylation sites is 1. The van der Waals surface area contributed by atoms with Crippen LogP contribution >= 0.6 is 0 Å². The molecule has 2 amide bonds. The Morgan fingerprint density at radius 2 is 1.68 bits per heavy atom. The molecule has 1 aliphatic rings. The van der Waals surface area contributed by atoms with Crippen molar-refractivity contribution in [3.8, 4) is 11.4 Å². The highest BCUT2D eigenvalue weighted by molar-refractivity contribution is 5.73. The fourth-order valence-corrected chi connectivity index (χ4v) is 4.05. The Hall–Kier alpha value is -3.28. The van der Waals surface area contributed by atoms with Gasteiger partial charge in [-0.2, -0.15) is 5.10 Å². The van der Waals surface area contributed by atoms with Crippen LogP contribution in [-0.4, -0.2) is 21.9 Å². The zero-order chi connectivity index (χ0) is 21.6. The summed E-state index contributed by atoms with van der Waals surface area (Å²) in [5, 5.41) is 10.5. The topological polar surface area (TPSA) is 68.2 Å². The quantitative estimate of drug-likeness (QED) is 0.579. The highest BCUT2D eigenvalue weighted by Gasteiger charge is 2.16. The standard InChI is InChI=1S/C25H30N4O2/c1-18-24(19(2)29(28-18)21-8-4-3-5-9-21)17-27-25(30)26-16-20-12-14-23(15-13-20)31-22-10-6-7-11-22/h3-5,8-9,12-15,22H,6-7,10-11,16-17H2,1-2H3,(H2,26,27,30). The SMILES string of the molecule is Cc1nn(-c2ccccc2)c(C)c1CNC(=O)NCc1ccc(OC2CCCC2)cc1. The summed E-state index contributed by atoms with van der Waals surface area (Å²) < 4.78 is 7.91. The van der Waals surface area contributed by atoms with Gasteiger partial charge in [-0.25, -0.2) is 9.48 Å². The lowest BCUT2D eigenvalue weighted by Crippen LogP contribution is -2.34. The summed E-state index contributed by atoms with van der Waals surface area (Å²) in [5.41, 5.74) is 5.03. The van der Waals surface area contributed by atoms with Gasteiger partial charge in [-0.1, -0.05) is 30.3 Å². The van der Waals surface area contributed by atoms with Crippen LogP contribution in [0, 0.1) is 13.8 Å². The van der Waals surface area contributed by atoms with Crippen molar-refractivity contribution in [3.05, 3.63) is 77.1 Å². The molecule has 2 aromatic carbocycles. The molecule has 1 saturated carbocycles. The highest BCUT2D eigenvalue weighted by Crippen LogP contribution is 2.24. The second-order valence-corrected chi connectivity index (χ2v) is 8.10. The van der Waals surface area contributed by atoms with Crippen molar-refractivity contribution < 1.29 is 9.53 Å². The van der Waals surface area contributed by atoms with E-state index in [4.69, 9.17) is 4.74 Å². The summed E-state index contributed by atoms with van der Waals surface area (Å²) in [6, 6.07) is 17.8. The summed E-state index contributed by atoms with van der Waals surface area (Å²) in [5.74, 6) is 0.904. The third-order valence-electron chi connectivity index (χ3n) is 5.85. The van der Waals surface area contributed by atoms with Crippen molar-refractivity contribution in [1.82, 2.24) is 20.4 Å². The van der Waals surface area contributed by atoms with E-state index in [1.165, 1.54) is 12.8 Å². The van der Waals surface area contributed by atoms with Gasteiger partial charge in [0.05, 0.1) is 17.5 Å². The summed E-state index contributed by atoms with van der Waals surface area (Å²) in [6.45, 7) is 4.90. The van der Waals surface area contributed by atoms with E-state index in [-0.39, 0.29) is 6.03 Å². The first kappa shape index (κ1) is 21.0. The van der Waals surface area contributed by atoms with Crippen LogP contribution in [0.15, 0.2) is 54.6 Å². The number of hydrogen-bond acceptors (Lipinski definition) is 3. The van der Waals surface area contributed by atoms with Crippen LogP contribution in [0.4, 0.5) is 4.79 Å². The summed E-state index contributed by atoms with van der Waals surface area (Å²) in [6.07, 6.45) is 5.16. The molecule has 3 aromatic rings. The Morgan fingerprint density at radius 1 is 1.00 bits per heavy atom. The summed E-state index contributed by atoms with van der Waals surface area (Å²) in [4.78, 5) is 12.3. The van der Waals surface area contributed by atoms with Crippen LogP contribution in [0.25, 0.3) is 5.69 Å². The average molecular weight is 419 g/mol. The van der Waals surface area contributed by atoms with Crippen LogP contribution in [-0.2, 0) is 13.1 Å². The molecule has 0 bridgehead atoms. The average Bonchev–Trinajstić information content (AvgIpc) is 3.40. The Labute approximate surface area is 183 Å². The molecule has 1 heterocycles. The second-order valence-electron chi connectivity index (χ2n) is 8.10. The van der Waals surface area contributed by atoms with Crippen LogP contribution in [0.3, 0.4) is 0 Å². The number of ether oxygens (including phenoxy) is 1. The molecule has 0 unspecified atom stereocenters. The zero-order valence-corrected chi connectivity index (χ0v) is 18.2. The number of rotatable bonds is 7. The second kappa shape index (κ2) is 9.69. The molecule has 2 N–H and O–H groups in total. The van der Waals surface area contributed by atoms with Crippen LogP contribution in [0.5, 0.6) is 5.75 Å². The number of nitrogens with zero attached hydrogens (tertiary/aromatic N) is 2. The van der Waals surface area contributed by atoms with E-state index in [0.717, 1.165) is 46.8 Å². The van der Waals surface area contributed by atoms with E-state index >= 15 is 0 Å². The number of aromatic nitrogens is 2. The van der Waals surface area contributed by atoms with Gasteiger partial charge in [0, 0.05) is 24.3 Å². The van der Waals surface area contributed by atoms with Gasteiger partial charge >= 0.3 is 6.03 Å². The lowest BCUT2D eigenvalue weighted by atomic mass is 10.2. The molecular formula is C25H30N4O2. The maximum absolute atomic E-state index is 12.3. The lowest BCUT2D eigenvalue weighted by molar-refractivity contribution is 0.210. The fourth-order valence-electron chi connectivity index (χ4n) is 4.05. The Kier molecular flexibility index (Phi) is 6.55. The normalized spacial score (nSPS) is 13.9. The molecule has 0 radical (unpaired) electrons. The molecule has 0 spiro atoms. The maximum Gasteiger partial charge on any atom is 0.315 e. The molecule has 31 heavy (non-hydrogen) atoms. The minimum atomic E-state index is -0.197. The van der Waals surface area contributed by atoms with Crippen molar-refractivity contribution in [3.63, 3.8) is 0 Å². The van der Waals surface area contributed by atoms with E-state index < -0.39 is 0 Å². The highest BCUT2D eigenvalue weighted by atomic mass is 16.5. The van der Waals surface area contributed by atoms with Crippen molar-refractivity contribution in [2.45, 2.75) is 58.7 Å². The number of carbonyl (C=O) groups is 1. The number of aryl methyl sites for hydroxylation is 1. The fraction of sp³-hybridized carbons (Fsp3) is 0.360. The maximum atomic E-state index is 12.3. The number of carbonyl (C=O) groups excluding carboxylic acids is 1. The number of amides is 2. The predicted octanol–water partition coefficient (Wildman–Crippen LogP) is 4.81. The Morgan fingerprint density at radius 3 is 2.39 bits per heavy atom. The largest absolute Gasteiger partial charge is 0.490 e. The van der Waals surface area contributed by atoms with E-state index in [1.54, 1.807) is 0 Å². The number of benzene rings is 2. The molecule has 1 aromatic heterocycles. The van der Waals surface area contributed by atoms with Crippen molar-refractivity contribution in [2.75, 3.05) is 0 Å². The van der Waals surface area contributed by atoms with Crippen LogP contribution in [0.2, 0.25) is 0 Å². The molecule has 0 saturated heterocycles. The molecule has 6 nitrogen and oxygen atoms in total. The van der Waals surface area contributed by atoms with Crippen LogP contribution < -0.4 is 15.4 Å². The van der Waals surface area contributed by atoms with Gasteiger partial charge in [0.25, 0.3) is 0 Å². The Bertz CT molecular complexity index is 1010. The van der Waals surface area contributed by atoms with Crippen LogP contribution in [0.1, 0.15) is 48.2 Å². The van der Waals surface area contributed by atoms with Gasteiger partial charge in [0.1, 0.15) is 5.75 Å². The molecule has 6 heteroatoms. The predicted molar refractivity (Wildman–Crippen MR) is 121 cm³/mol. The first-order valence-corrected chi connectivity index (χ1v) is 11.0. The molecular weight excluding hydrogens is 388 g/mol. The lowest BCUT2D eigenvalue weighted by Gasteiger charge is -2.13. The monoisotopic (exact) mass is 418 g/mol. The third kappa shape index (κ3) is 5.26. The van der Waals surface area contributed by atoms with Gasteiger partial charge in [-0.3, -0.25) is 0 Å². The molecule has 162 valence electrons. The first-order valence-electron chi connectivity index (χ1n) is 11.0. The smallest absolute Gasteiger partial charge is 0.315 e. The van der Waals surface area contributed by atoms with E-state index in [2.05, 4.69) is 15.7 Å². The molecule has 1 aliphatic carbocycles. The number of nitrogens with one attached hydrogen (secondary N) is 2. The van der Waals surface area contributed by atoms with Gasteiger partial charge in [0.15, 0.2) is 0 Å². The van der Waals surface area contributed by atoms with Gasteiger partial charge in [0.2, 0.25) is 0 Å². The number of urea groups is 1. The van der Waals surface area contributed by atoms with E-state index in [9.17, 15) is 4.79 Å². The number of hydrogen-bond donors (Lipinski definition) is 2. The van der Waals surface area contributed by atoms with Gasteiger partial charge < -0.3 is 15.4 Å².